The van der Waals surface area contributed by atoms with Crippen molar-refractivity contribution in [1.29, 1.82) is 0 Å². The van der Waals surface area contributed by atoms with Gasteiger partial charge in [0.1, 0.15) is 0 Å². The van der Waals surface area contributed by atoms with Gasteiger partial charge in [0.2, 0.25) is 0 Å². The first-order chi connectivity index (χ1) is 10.1. The molecule has 0 saturated carbocycles. The standard InChI is InChI=1S/C18H31NO2/c1-6-12-19-15(4)16(14(2)3)11-13-21-18-10-8-7-9-17(18)20-5/h7-10,14-16,19H,6,11-13H2,1-5H3. The minimum Gasteiger partial charge on any atom is -0.493 e. The summed E-state index contributed by atoms with van der Waals surface area (Å²) in [7, 11) is 1.68. The van der Waals surface area contributed by atoms with Gasteiger partial charge in [-0.2, -0.15) is 0 Å². The summed E-state index contributed by atoms with van der Waals surface area (Å²) in [5, 5.41) is 3.60. The molecule has 120 valence electrons. The van der Waals surface area contributed by atoms with E-state index in [1.54, 1.807) is 7.11 Å². The summed E-state index contributed by atoms with van der Waals surface area (Å²) >= 11 is 0. The summed E-state index contributed by atoms with van der Waals surface area (Å²) in [5.74, 6) is 2.89. The molecular weight excluding hydrogens is 262 g/mol. The Bertz CT molecular complexity index is 393. The maximum Gasteiger partial charge on any atom is 0.161 e. The minimum absolute atomic E-state index is 0.520. The fourth-order valence-corrected chi connectivity index (χ4v) is 2.73. The van der Waals surface area contributed by atoms with E-state index in [-0.39, 0.29) is 0 Å². The average Bonchev–Trinajstić information content (AvgIpc) is 2.49. The molecule has 0 radical (unpaired) electrons. The molecule has 2 atom stereocenters. The molecule has 0 aliphatic heterocycles. The van der Waals surface area contributed by atoms with Crippen LogP contribution in [-0.4, -0.2) is 26.3 Å². The van der Waals surface area contributed by atoms with E-state index in [1.165, 1.54) is 6.42 Å². The van der Waals surface area contributed by atoms with Gasteiger partial charge in [-0.15, -0.1) is 0 Å². The third kappa shape index (κ3) is 5.96. The number of rotatable bonds is 10. The number of para-hydroxylation sites is 2. The predicted octanol–water partition coefficient (Wildman–Crippen LogP) is 4.12. The topological polar surface area (TPSA) is 30.5 Å². The van der Waals surface area contributed by atoms with Crippen molar-refractivity contribution < 1.29 is 9.47 Å². The second kappa shape index (κ2) is 9.67. The van der Waals surface area contributed by atoms with Gasteiger partial charge in [-0.3, -0.25) is 0 Å². The zero-order valence-electron chi connectivity index (χ0n) is 14.2. The molecule has 0 aromatic heterocycles. The Kier molecular flexibility index (Phi) is 8.21. The van der Waals surface area contributed by atoms with Crippen LogP contribution in [0.25, 0.3) is 0 Å². The van der Waals surface area contributed by atoms with Crippen molar-refractivity contribution in [2.45, 2.75) is 46.6 Å². The molecule has 0 spiro atoms. The molecule has 2 unspecified atom stereocenters. The smallest absolute Gasteiger partial charge is 0.161 e. The Hall–Kier alpha value is -1.22. The normalized spacial score (nSPS) is 14.0. The first-order valence-electron chi connectivity index (χ1n) is 8.09. The van der Waals surface area contributed by atoms with E-state index in [0.717, 1.165) is 31.1 Å². The van der Waals surface area contributed by atoms with E-state index in [9.17, 15) is 0 Å². The lowest BCUT2D eigenvalue weighted by atomic mass is 9.86. The van der Waals surface area contributed by atoms with E-state index in [0.29, 0.717) is 17.9 Å². The van der Waals surface area contributed by atoms with Crippen molar-refractivity contribution in [3.8, 4) is 11.5 Å². The Morgan fingerprint density at radius 3 is 2.33 bits per heavy atom. The fraction of sp³-hybridized carbons (Fsp3) is 0.667. The average molecular weight is 293 g/mol. The van der Waals surface area contributed by atoms with Crippen LogP contribution in [0, 0.1) is 11.8 Å². The molecule has 3 heteroatoms. The van der Waals surface area contributed by atoms with Crippen molar-refractivity contribution in [2.75, 3.05) is 20.3 Å². The molecule has 1 aromatic rings. The van der Waals surface area contributed by atoms with Gasteiger partial charge in [0.05, 0.1) is 13.7 Å². The van der Waals surface area contributed by atoms with Crippen LogP contribution in [0.2, 0.25) is 0 Å². The quantitative estimate of drug-likeness (QED) is 0.704. The van der Waals surface area contributed by atoms with Gasteiger partial charge in [-0.05, 0) is 50.3 Å². The van der Waals surface area contributed by atoms with Crippen LogP contribution in [0.1, 0.15) is 40.5 Å². The van der Waals surface area contributed by atoms with E-state index in [2.05, 4.69) is 33.0 Å². The minimum atomic E-state index is 0.520. The van der Waals surface area contributed by atoms with Crippen molar-refractivity contribution >= 4 is 0 Å². The lowest BCUT2D eigenvalue weighted by molar-refractivity contribution is 0.208. The molecule has 1 N–H and O–H groups in total. The van der Waals surface area contributed by atoms with Crippen molar-refractivity contribution in [3.63, 3.8) is 0 Å². The van der Waals surface area contributed by atoms with E-state index in [1.807, 2.05) is 24.3 Å². The summed E-state index contributed by atoms with van der Waals surface area (Å²) in [5.41, 5.74) is 0. The maximum atomic E-state index is 5.91. The first-order valence-corrected chi connectivity index (χ1v) is 8.09. The molecule has 0 heterocycles. The van der Waals surface area contributed by atoms with E-state index < -0.39 is 0 Å². The second-order valence-corrected chi connectivity index (χ2v) is 5.94. The third-order valence-electron chi connectivity index (χ3n) is 3.99. The highest BCUT2D eigenvalue weighted by Crippen LogP contribution is 2.27. The van der Waals surface area contributed by atoms with Gasteiger partial charge in [0.25, 0.3) is 0 Å². The number of ether oxygens (including phenoxy) is 2. The Morgan fingerprint density at radius 1 is 1.10 bits per heavy atom. The predicted molar refractivity (Wildman–Crippen MR) is 89.2 cm³/mol. The molecule has 0 fully saturated rings. The van der Waals surface area contributed by atoms with Crippen LogP contribution in [0.15, 0.2) is 24.3 Å². The summed E-state index contributed by atoms with van der Waals surface area (Å²) in [6.45, 7) is 10.9. The first kappa shape index (κ1) is 17.8. The molecule has 0 bridgehead atoms. The summed E-state index contributed by atoms with van der Waals surface area (Å²) in [4.78, 5) is 0. The van der Waals surface area contributed by atoms with Crippen LogP contribution in [0.5, 0.6) is 11.5 Å². The Morgan fingerprint density at radius 2 is 1.76 bits per heavy atom. The monoisotopic (exact) mass is 293 g/mol. The largest absolute Gasteiger partial charge is 0.493 e. The molecule has 21 heavy (non-hydrogen) atoms. The van der Waals surface area contributed by atoms with Crippen LogP contribution >= 0.6 is 0 Å². The number of benzene rings is 1. The molecule has 0 aliphatic carbocycles. The Balaban J connectivity index is 2.50. The fourth-order valence-electron chi connectivity index (χ4n) is 2.73. The van der Waals surface area contributed by atoms with Gasteiger partial charge in [-0.1, -0.05) is 32.9 Å². The molecular formula is C18H31NO2. The summed E-state index contributed by atoms with van der Waals surface area (Å²) in [6, 6.07) is 8.34. The van der Waals surface area contributed by atoms with E-state index in [4.69, 9.17) is 9.47 Å². The number of hydrogen-bond donors (Lipinski definition) is 1. The molecule has 3 nitrogen and oxygen atoms in total. The molecule has 0 amide bonds. The van der Waals surface area contributed by atoms with Crippen LogP contribution in [0.3, 0.4) is 0 Å². The summed E-state index contributed by atoms with van der Waals surface area (Å²) in [6.07, 6.45) is 2.22. The van der Waals surface area contributed by atoms with Crippen molar-refractivity contribution in [1.82, 2.24) is 5.32 Å². The highest BCUT2D eigenvalue weighted by Gasteiger charge is 2.20. The van der Waals surface area contributed by atoms with Crippen LogP contribution in [0.4, 0.5) is 0 Å². The highest BCUT2D eigenvalue weighted by atomic mass is 16.5. The Labute approximate surface area is 130 Å². The van der Waals surface area contributed by atoms with Gasteiger partial charge in [0.15, 0.2) is 11.5 Å². The van der Waals surface area contributed by atoms with Crippen LogP contribution < -0.4 is 14.8 Å². The lowest BCUT2D eigenvalue weighted by Gasteiger charge is -2.28. The third-order valence-corrected chi connectivity index (χ3v) is 3.99. The lowest BCUT2D eigenvalue weighted by Crippen LogP contribution is -2.37. The maximum absolute atomic E-state index is 5.91. The zero-order chi connectivity index (χ0) is 15.7. The SMILES string of the molecule is CCCNC(C)C(CCOc1ccccc1OC)C(C)C. The molecule has 1 rings (SSSR count). The highest BCUT2D eigenvalue weighted by molar-refractivity contribution is 5.39. The van der Waals surface area contributed by atoms with Gasteiger partial charge in [-0.25, -0.2) is 0 Å². The van der Waals surface area contributed by atoms with Gasteiger partial charge < -0.3 is 14.8 Å². The number of nitrogens with one attached hydrogen (secondary N) is 1. The molecule has 0 saturated heterocycles. The van der Waals surface area contributed by atoms with Crippen molar-refractivity contribution in [3.05, 3.63) is 24.3 Å². The number of methoxy groups -OCH3 is 1. The molecule has 1 aromatic carbocycles. The van der Waals surface area contributed by atoms with Crippen molar-refractivity contribution in [2.24, 2.45) is 11.8 Å². The summed E-state index contributed by atoms with van der Waals surface area (Å²) < 4.78 is 11.2. The second-order valence-electron chi connectivity index (χ2n) is 5.94. The van der Waals surface area contributed by atoms with Crippen LogP contribution in [-0.2, 0) is 0 Å². The number of hydrogen-bond acceptors (Lipinski definition) is 3. The van der Waals surface area contributed by atoms with E-state index >= 15 is 0 Å². The molecule has 0 aliphatic rings. The van der Waals surface area contributed by atoms with Gasteiger partial charge >= 0.3 is 0 Å². The zero-order valence-corrected chi connectivity index (χ0v) is 14.2. The van der Waals surface area contributed by atoms with Gasteiger partial charge in [0, 0.05) is 6.04 Å².